The summed E-state index contributed by atoms with van der Waals surface area (Å²) in [6.45, 7) is 6.07. The Morgan fingerprint density at radius 2 is 2.05 bits per heavy atom. The van der Waals surface area contributed by atoms with E-state index in [2.05, 4.69) is 15.7 Å². The zero-order chi connectivity index (χ0) is 15.4. The molecule has 0 atom stereocenters. The minimum absolute atomic E-state index is 0.173. The van der Waals surface area contributed by atoms with Gasteiger partial charge in [0.25, 0.3) is 5.91 Å². The van der Waals surface area contributed by atoms with Gasteiger partial charge in [-0.15, -0.1) is 0 Å². The molecule has 0 aliphatic rings. The first-order valence-corrected chi connectivity index (χ1v) is 6.72. The fraction of sp³-hybridized carbons (Fsp3) is 0.267. The molecule has 110 valence electrons. The summed E-state index contributed by atoms with van der Waals surface area (Å²) in [5.74, 6) is -0.409. The minimum Gasteiger partial charge on any atom is -0.326 e. The minimum atomic E-state index is -0.235. The molecule has 0 saturated heterocycles. The van der Waals surface area contributed by atoms with Crippen LogP contribution >= 0.6 is 0 Å². The molecule has 0 aliphatic carbocycles. The smallest absolute Gasteiger partial charge is 0.255 e. The lowest BCUT2D eigenvalue weighted by Gasteiger charge is -2.07. The van der Waals surface area contributed by atoms with Crippen molar-refractivity contribution >= 4 is 23.2 Å². The number of nitrogens with one attached hydrogen (secondary N) is 2. The second kappa shape index (κ2) is 6.21. The average molecular weight is 286 g/mol. The molecule has 0 saturated carbocycles. The predicted octanol–water partition coefficient (Wildman–Crippen LogP) is 2.42. The van der Waals surface area contributed by atoms with Gasteiger partial charge in [-0.2, -0.15) is 5.10 Å². The van der Waals surface area contributed by atoms with Crippen molar-refractivity contribution in [1.29, 1.82) is 0 Å². The summed E-state index contributed by atoms with van der Waals surface area (Å²) in [5, 5.41) is 9.66. The highest BCUT2D eigenvalue weighted by atomic mass is 16.2. The molecule has 0 unspecified atom stereocenters. The second-order valence-corrected chi connectivity index (χ2v) is 4.68. The first kappa shape index (κ1) is 14.8. The van der Waals surface area contributed by atoms with E-state index in [0.717, 1.165) is 12.2 Å². The van der Waals surface area contributed by atoms with Crippen LogP contribution in [-0.2, 0) is 11.3 Å². The van der Waals surface area contributed by atoms with Crippen LogP contribution in [0.4, 0.5) is 11.4 Å². The van der Waals surface area contributed by atoms with E-state index in [1.54, 1.807) is 30.5 Å². The van der Waals surface area contributed by atoms with Gasteiger partial charge in [0.15, 0.2) is 0 Å². The molecular weight excluding hydrogens is 268 g/mol. The van der Waals surface area contributed by atoms with E-state index in [-0.39, 0.29) is 11.8 Å². The largest absolute Gasteiger partial charge is 0.326 e. The molecule has 2 amide bonds. The SMILES string of the molecule is CCn1ncc(NC(=O)c2cccc(NC(C)=O)c2)c1C. The van der Waals surface area contributed by atoms with Crippen molar-refractivity contribution in [2.45, 2.75) is 27.3 Å². The van der Waals surface area contributed by atoms with E-state index in [4.69, 9.17) is 0 Å². The van der Waals surface area contributed by atoms with Crippen LogP contribution in [0.15, 0.2) is 30.5 Å². The van der Waals surface area contributed by atoms with Crippen molar-refractivity contribution in [1.82, 2.24) is 9.78 Å². The molecule has 1 aromatic heterocycles. The summed E-state index contributed by atoms with van der Waals surface area (Å²) < 4.78 is 1.81. The molecular formula is C15H18N4O2. The van der Waals surface area contributed by atoms with E-state index in [0.29, 0.717) is 16.9 Å². The maximum absolute atomic E-state index is 12.2. The summed E-state index contributed by atoms with van der Waals surface area (Å²) in [6, 6.07) is 6.79. The zero-order valence-corrected chi connectivity index (χ0v) is 12.3. The molecule has 6 nitrogen and oxygen atoms in total. The summed E-state index contributed by atoms with van der Waals surface area (Å²) >= 11 is 0. The van der Waals surface area contributed by atoms with E-state index in [1.165, 1.54) is 6.92 Å². The maximum Gasteiger partial charge on any atom is 0.255 e. The van der Waals surface area contributed by atoms with Gasteiger partial charge in [0.1, 0.15) is 0 Å². The molecule has 0 radical (unpaired) electrons. The van der Waals surface area contributed by atoms with E-state index >= 15 is 0 Å². The number of carbonyl (C=O) groups is 2. The molecule has 2 aromatic rings. The molecule has 1 heterocycles. The molecule has 0 bridgehead atoms. The van der Waals surface area contributed by atoms with Crippen LogP contribution in [-0.4, -0.2) is 21.6 Å². The van der Waals surface area contributed by atoms with Crippen molar-refractivity contribution in [2.75, 3.05) is 10.6 Å². The number of amides is 2. The number of rotatable bonds is 4. The van der Waals surface area contributed by atoms with Crippen molar-refractivity contribution in [2.24, 2.45) is 0 Å². The third kappa shape index (κ3) is 3.47. The summed E-state index contributed by atoms with van der Waals surface area (Å²) in [4.78, 5) is 23.3. The monoisotopic (exact) mass is 286 g/mol. The molecule has 0 aliphatic heterocycles. The molecule has 1 aromatic carbocycles. The fourth-order valence-electron chi connectivity index (χ4n) is 2.02. The number of anilines is 2. The quantitative estimate of drug-likeness (QED) is 0.906. The highest BCUT2D eigenvalue weighted by molar-refractivity contribution is 6.05. The molecule has 6 heteroatoms. The summed E-state index contributed by atoms with van der Waals surface area (Å²) in [5.41, 5.74) is 2.66. The maximum atomic E-state index is 12.2. The molecule has 21 heavy (non-hydrogen) atoms. The molecule has 0 fully saturated rings. The summed E-state index contributed by atoms with van der Waals surface area (Å²) in [7, 11) is 0. The number of aromatic nitrogens is 2. The standard InChI is InChI=1S/C15H18N4O2/c1-4-19-10(2)14(9-16-19)18-15(21)12-6-5-7-13(8-12)17-11(3)20/h5-9H,4H2,1-3H3,(H,17,20)(H,18,21). The van der Waals surface area contributed by atoms with Crippen LogP contribution in [0.3, 0.4) is 0 Å². The first-order chi connectivity index (χ1) is 10.0. The van der Waals surface area contributed by atoms with Gasteiger partial charge in [-0.3, -0.25) is 14.3 Å². The predicted molar refractivity (Wildman–Crippen MR) is 81.3 cm³/mol. The van der Waals surface area contributed by atoms with E-state index < -0.39 is 0 Å². The van der Waals surface area contributed by atoms with Crippen LogP contribution in [0, 0.1) is 6.92 Å². The van der Waals surface area contributed by atoms with Crippen LogP contribution < -0.4 is 10.6 Å². The van der Waals surface area contributed by atoms with Gasteiger partial charge >= 0.3 is 0 Å². The van der Waals surface area contributed by atoms with Crippen molar-refractivity contribution in [3.8, 4) is 0 Å². The second-order valence-electron chi connectivity index (χ2n) is 4.68. The fourth-order valence-corrected chi connectivity index (χ4v) is 2.02. The Morgan fingerprint density at radius 1 is 1.29 bits per heavy atom. The normalized spacial score (nSPS) is 10.2. The van der Waals surface area contributed by atoms with Crippen molar-refractivity contribution in [3.05, 3.63) is 41.7 Å². The molecule has 2 rings (SSSR count). The number of hydrogen-bond acceptors (Lipinski definition) is 3. The molecule has 2 N–H and O–H groups in total. The van der Waals surface area contributed by atoms with Crippen molar-refractivity contribution < 1.29 is 9.59 Å². The third-order valence-electron chi connectivity index (χ3n) is 3.10. The van der Waals surface area contributed by atoms with Gasteiger partial charge in [-0.05, 0) is 32.0 Å². The Hall–Kier alpha value is -2.63. The van der Waals surface area contributed by atoms with Crippen LogP contribution in [0.25, 0.3) is 0 Å². The number of nitrogens with zero attached hydrogens (tertiary/aromatic N) is 2. The first-order valence-electron chi connectivity index (χ1n) is 6.72. The molecule has 0 spiro atoms. The van der Waals surface area contributed by atoms with Crippen molar-refractivity contribution in [3.63, 3.8) is 0 Å². The highest BCUT2D eigenvalue weighted by Crippen LogP contribution is 2.16. The zero-order valence-electron chi connectivity index (χ0n) is 12.3. The van der Waals surface area contributed by atoms with E-state index in [1.807, 2.05) is 18.5 Å². The number of hydrogen-bond donors (Lipinski definition) is 2. The van der Waals surface area contributed by atoms with Gasteiger partial charge in [-0.25, -0.2) is 0 Å². The van der Waals surface area contributed by atoms with Gasteiger partial charge < -0.3 is 10.6 Å². The van der Waals surface area contributed by atoms with Gasteiger partial charge in [0, 0.05) is 24.7 Å². The average Bonchev–Trinajstić information content (AvgIpc) is 2.79. The number of aryl methyl sites for hydroxylation is 1. The number of benzene rings is 1. The lowest BCUT2D eigenvalue weighted by Crippen LogP contribution is -2.13. The Kier molecular flexibility index (Phi) is 4.37. The van der Waals surface area contributed by atoms with Crippen LogP contribution in [0.1, 0.15) is 29.9 Å². The van der Waals surface area contributed by atoms with E-state index in [9.17, 15) is 9.59 Å². The Balaban J connectivity index is 2.16. The summed E-state index contributed by atoms with van der Waals surface area (Å²) in [6.07, 6.45) is 1.63. The Bertz CT molecular complexity index is 676. The topological polar surface area (TPSA) is 76.0 Å². The Labute approximate surface area is 123 Å². The lowest BCUT2D eigenvalue weighted by atomic mass is 10.2. The third-order valence-corrected chi connectivity index (χ3v) is 3.10. The number of carbonyl (C=O) groups excluding carboxylic acids is 2. The van der Waals surface area contributed by atoms with Crippen LogP contribution in [0.2, 0.25) is 0 Å². The van der Waals surface area contributed by atoms with Crippen LogP contribution in [0.5, 0.6) is 0 Å². The van der Waals surface area contributed by atoms with Gasteiger partial charge in [0.05, 0.1) is 17.6 Å². The Morgan fingerprint density at radius 3 is 2.67 bits per heavy atom. The van der Waals surface area contributed by atoms with Gasteiger partial charge in [0.2, 0.25) is 5.91 Å². The van der Waals surface area contributed by atoms with Gasteiger partial charge in [-0.1, -0.05) is 6.07 Å². The highest BCUT2D eigenvalue weighted by Gasteiger charge is 2.11. The lowest BCUT2D eigenvalue weighted by molar-refractivity contribution is -0.114.